The maximum atomic E-state index is 13.8. The summed E-state index contributed by atoms with van der Waals surface area (Å²) in [7, 11) is 1.45. The number of fused-ring (bicyclic) bond motifs is 1. The van der Waals surface area contributed by atoms with Gasteiger partial charge in [-0.25, -0.2) is 9.96 Å². The highest BCUT2D eigenvalue weighted by Crippen LogP contribution is 2.49. The lowest BCUT2D eigenvalue weighted by atomic mass is 9.90. The summed E-state index contributed by atoms with van der Waals surface area (Å²) in [5.74, 6) is -0.740. The number of para-hydroxylation sites is 1. The smallest absolute Gasteiger partial charge is 0.266 e. The van der Waals surface area contributed by atoms with E-state index in [9.17, 15) is 14.7 Å². The maximum absolute atomic E-state index is 13.8. The molecule has 2 amide bonds. The molecule has 2 saturated heterocycles. The molecular formula is C27H25BrN2O6. The van der Waals surface area contributed by atoms with E-state index in [1.54, 1.807) is 41.5 Å². The molecule has 36 heavy (non-hydrogen) atoms. The van der Waals surface area contributed by atoms with Gasteiger partial charge in [-0.3, -0.25) is 14.4 Å². The van der Waals surface area contributed by atoms with Crippen molar-refractivity contribution in [3.63, 3.8) is 0 Å². The lowest BCUT2D eigenvalue weighted by Gasteiger charge is -2.29. The molecule has 0 spiro atoms. The van der Waals surface area contributed by atoms with E-state index >= 15 is 0 Å². The van der Waals surface area contributed by atoms with Crippen molar-refractivity contribution in [2.45, 2.75) is 25.5 Å². The molecule has 5 rings (SSSR count). The Balaban J connectivity index is 1.54. The Hall–Kier alpha value is -3.56. The minimum Gasteiger partial charge on any atom is -0.503 e. The number of phenolic OH excluding ortho intramolecular Hbond substituents is 1. The summed E-state index contributed by atoms with van der Waals surface area (Å²) in [4.78, 5) is 34.7. The van der Waals surface area contributed by atoms with Gasteiger partial charge in [-0.2, -0.15) is 0 Å². The van der Waals surface area contributed by atoms with Crippen molar-refractivity contribution >= 4 is 39.1 Å². The largest absolute Gasteiger partial charge is 0.503 e. The van der Waals surface area contributed by atoms with Crippen LogP contribution < -0.4 is 19.4 Å². The van der Waals surface area contributed by atoms with Crippen LogP contribution in [-0.2, 0) is 14.4 Å². The number of anilines is 2. The van der Waals surface area contributed by atoms with Crippen LogP contribution in [0.2, 0.25) is 0 Å². The second kappa shape index (κ2) is 9.83. The summed E-state index contributed by atoms with van der Waals surface area (Å²) in [5, 5.41) is 11.9. The van der Waals surface area contributed by atoms with E-state index in [1.807, 2.05) is 37.3 Å². The number of nitrogens with zero attached hydrogens (tertiary/aromatic N) is 2. The molecule has 3 atom stereocenters. The van der Waals surface area contributed by atoms with E-state index in [-0.39, 0.29) is 17.4 Å². The highest BCUT2D eigenvalue weighted by molar-refractivity contribution is 9.10. The summed E-state index contributed by atoms with van der Waals surface area (Å²) in [6.45, 7) is 2.60. The SMILES string of the molecule is CCCOc1ccc(N2C(=O)C3ON(c4ccccc4)C(c4cc(Br)c(O)c(OC)c4)C3C2=O)cc1. The van der Waals surface area contributed by atoms with Crippen LogP contribution in [0.5, 0.6) is 17.2 Å². The number of phenols is 1. The highest BCUT2D eigenvalue weighted by Gasteiger charge is 2.60. The molecule has 0 aromatic heterocycles. The minimum atomic E-state index is -1.00. The van der Waals surface area contributed by atoms with E-state index in [2.05, 4.69) is 15.9 Å². The summed E-state index contributed by atoms with van der Waals surface area (Å²) in [6.07, 6.45) is -0.125. The zero-order valence-corrected chi connectivity index (χ0v) is 21.3. The molecule has 2 fully saturated rings. The molecule has 9 heteroatoms. The lowest BCUT2D eigenvalue weighted by Crippen LogP contribution is -2.37. The molecule has 2 heterocycles. The molecule has 186 valence electrons. The number of hydrogen-bond acceptors (Lipinski definition) is 7. The van der Waals surface area contributed by atoms with Crippen LogP contribution in [0.15, 0.2) is 71.2 Å². The van der Waals surface area contributed by atoms with Gasteiger partial charge in [0.05, 0.1) is 35.6 Å². The third kappa shape index (κ3) is 4.08. The van der Waals surface area contributed by atoms with E-state index in [0.717, 1.165) is 6.42 Å². The molecule has 0 bridgehead atoms. The number of methoxy groups -OCH3 is 1. The van der Waals surface area contributed by atoms with Crippen LogP contribution in [0, 0.1) is 5.92 Å². The lowest BCUT2D eigenvalue weighted by molar-refractivity contribution is -0.126. The summed E-state index contributed by atoms with van der Waals surface area (Å²) < 4.78 is 11.4. The monoisotopic (exact) mass is 552 g/mol. The molecule has 8 nitrogen and oxygen atoms in total. The zero-order valence-electron chi connectivity index (χ0n) is 19.8. The van der Waals surface area contributed by atoms with Crippen LogP contribution >= 0.6 is 15.9 Å². The van der Waals surface area contributed by atoms with Crippen molar-refractivity contribution in [2.75, 3.05) is 23.7 Å². The second-order valence-corrected chi connectivity index (χ2v) is 9.42. The van der Waals surface area contributed by atoms with Gasteiger partial charge in [0.1, 0.15) is 11.7 Å². The van der Waals surface area contributed by atoms with Gasteiger partial charge in [-0.05, 0) is 76.4 Å². The molecule has 0 aliphatic carbocycles. The first-order valence-electron chi connectivity index (χ1n) is 11.6. The van der Waals surface area contributed by atoms with Gasteiger partial charge < -0.3 is 14.6 Å². The summed E-state index contributed by atoms with van der Waals surface area (Å²) >= 11 is 3.37. The van der Waals surface area contributed by atoms with Gasteiger partial charge >= 0.3 is 0 Å². The van der Waals surface area contributed by atoms with Crippen molar-refractivity contribution in [1.29, 1.82) is 0 Å². The Bertz CT molecular complexity index is 1280. The number of hydroxylamine groups is 1. The summed E-state index contributed by atoms with van der Waals surface area (Å²) in [6, 6.07) is 18.9. The van der Waals surface area contributed by atoms with Crippen molar-refractivity contribution in [2.24, 2.45) is 5.92 Å². The Morgan fingerprint density at radius 2 is 1.72 bits per heavy atom. The molecule has 2 aliphatic heterocycles. The first-order valence-corrected chi connectivity index (χ1v) is 12.4. The molecular weight excluding hydrogens is 528 g/mol. The first-order chi connectivity index (χ1) is 17.4. The fourth-order valence-corrected chi connectivity index (χ4v) is 5.10. The highest BCUT2D eigenvalue weighted by atomic mass is 79.9. The normalized spacial score (nSPS) is 21.1. The fraction of sp³-hybridized carbons (Fsp3) is 0.259. The van der Waals surface area contributed by atoms with Crippen LogP contribution in [0.4, 0.5) is 11.4 Å². The molecule has 3 unspecified atom stereocenters. The molecule has 1 N–H and O–H groups in total. The Kier molecular flexibility index (Phi) is 6.59. The van der Waals surface area contributed by atoms with Crippen LogP contribution in [-0.4, -0.2) is 36.7 Å². The quantitative estimate of drug-likeness (QED) is 0.412. The number of ether oxygens (including phenoxy) is 2. The van der Waals surface area contributed by atoms with E-state index < -0.39 is 24.0 Å². The number of carbonyl (C=O) groups excluding carboxylic acids is 2. The van der Waals surface area contributed by atoms with E-state index in [0.29, 0.717) is 33.8 Å². The van der Waals surface area contributed by atoms with Crippen LogP contribution in [0.25, 0.3) is 0 Å². The van der Waals surface area contributed by atoms with Gasteiger partial charge in [0, 0.05) is 0 Å². The number of hydrogen-bond donors (Lipinski definition) is 1. The Labute approximate surface area is 217 Å². The average molecular weight is 553 g/mol. The zero-order chi connectivity index (χ0) is 25.4. The fourth-order valence-electron chi connectivity index (χ4n) is 4.64. The predicted octanol–water partition coefficient (Wildman–Crippen LogP) is 5.00. The third-order valence-electron chi connectivity index (χ3n) is 6.31. The maximum Gasteiger partial charge on any atom is 0.266 e. The van der Waals surface area contributed by atoms with Gasteiger partial charge in [-0.1, -0.05) is 25.1 Å². The van der Waals surface area contributed by atoms with Crippen molar-refractivity contribution in [3.8, 4) is 17.2 Å². The number of benzene rings is 3. The second-order valence-electron chi connectivity index (χ2n) is 8.57. The van der Waals surface area contributed by atoms with E-state index in [4.69, 9.17) is 14.3 Å². The topological polar surface area (TPSA) is 88.5 Å². The number of rotatable bonds is 7. The third-order valence-corrected chi connectivity index (χ3v) is 6.91. The molecule has 0 radical (unpaired) electrons. The number of amides is 2. The van der Waals surface area contributed by atoms with Crippen molar-refractivity contribution in [1.82, 2.24) is 0 Å². The Morgan fingerprint density at radius 3 is 2.39 bits per heavy atom. The number of aromatic hydroxyl groups is 1. The van der Waals surface area contributed by atoms with E-state index in [1.165, 1.54) is 12.0 Å². The first kappa shape index (κ1) is 24.1. The molecule has 0 saturated carbocycles. The van der Waals surface area contributed by atoms with Gasteiger partial charge in [0.25, 0.3) is 5.91 Å². The predicted molar refractivity (Wildman–Crippen MR) is 137 cm³/mol. The van der Waals surface area contributed by atoms with Crippen molar-refractivity contribution < 1.29 is 29.0 Å². The van der Waals surface area contributed by atoms with Crippen LogP contribution in [0.1, 0.15) is 24.9 Å². The number of imide groups is 1. The summed E-state index contributed by atoms with van der Waals surface area (Å²) in [5.41, 5.74) is 1.81. The number of carbonyl (C=O) groups is 2. The Morgan fingerprint density at radius 1 is 1.00 bits per heavy atom. The molecule has 2 aliphatic rings. The average Bonchev–Trinajstić information content (AvgIpc) is 3.41. The molecule has 3 aromatic carbocycles. The minimum absolute atomic E-state index is 0.0520. The number of halogens is 1. The van der Waals surface area contributed by atoms with Crippen LogP contribution in [0.3, 0.4) is 0 Å². The van der Waals surface area contributed by atoms with Gasteiger partial charge in [0.15, 0.2) is 17.6 Å². The standard InChI is InChI=1S/C27H25BrN2O6/c1-3-13-35-19-11-9-17(10-12-19)29-26(32)22-23(16-14-20(28)24(31)21(15-16)34-2)30(36-25(22)27(29)33)18-7-5-4-6-8-18/h4-12,14-15,22-23,25,31H,3,13H2,1-2H3. The van der Waals surface area contributed by atoms with Crippen molar-refractivity contribution in [3.05, 3.63) is 76.8 Å². The molecule has 3 aromatic rings. The van der Waals surface area contributed by atoms with Gasteiger partial charge in [0.2, 0.25) is 5.91 Å². The van der Waals surface area contributed by atoms with Gasteiger partial charge in [-0.15, -0.1) is 0 Å².